The smallest absolute Gasteiger partial charge is 0.281 e. The van der Waals surface area contributed by atoms with Gasteiger partial charge in [0.1, 0.15) is 0 Å². The van der Waals surface area contributed by atoms with Crippen LogP contribution in [-0.2, 0) is 4.79 Å². The van der Waals surface area contributed by atoms with Gasteiger partial charge in [-0.3, -0.25) is 4.79 Å². The van der Waals surface area contributed by atoms with Gasteiger partial charge in [0.2, 0.25) is 5.24 Å². The molecule has 0 aliphatic heterocycles. The van der Waals surface area contributed by atoms with Gasteiger partial charge in [-0.1, -0.05) is 155 Å². The molecule has 1 nitrogen and oxygen atoms in total. The molecule has 0 aromatic carbocycles. The minimum absolute atomic E-state index is 0.0438. The molecular formula is C33H56ClF9O. The first-order valence-corrected chi connectivity index (χ1v) is 17.4. The van der Waals surface area contributed by atoms with Crippen molar-refractivity contribution in [3.63, 3.8) is 0 Å². The van der Waals surface area contributed by atoms with Crippen LogP contribution in [0.4, 0.5) is 39.5 Å². The van der Waals surface area contributed by atoms with Crippen LogP contribution in [0.25, 0.3) is 0 Å². The molecule has 0 aliphatic rings. The monoisotopic (exact) mass is 674 g/mol. The quantitative estimate of drug-likeness (QED) is 0.0421. The van der Waals surface area contributed by atoms with Gasteiger partial charge >= 0.3 is 23.9 Å². The van der Waals surface area contributed by atoms with Gasteiger partial charge in [-0.25, -0.2) is 0 Å². The van der Waals surface area contributed by atoms with Gasteiger partial charge in [-0.2, -0.15) is 39.5 Å². The Bertz CT molecular complexity index is 714. The first-order valence-electron chi connectivity index (χ1n) is 17.0. The van der Waals surface area contributed by atoms with E-state index in [0.717, 1.165) is 44.9 Å². The lowest BCUT2D eigenvalue weighted by Gasteiger charge is -2.35. The normalized spacial score (nSPS) is 13.9. The summed E-state index contributed by atoms with van der Waals surface area (Å²) in [6.07, 6.45) is 13.3. The molecule has 0 spiro atoms. The second-order valence-electron chi connectivity index (χ2n) is 12.5. The topological polar surface area (TPSA) is 17.1 Å². The number of rotatable bonds is 30. The Balaban J connectivity index is 4.54. The van der Waals surface area contributed by atoms with Gasteiger partial charge in [-0.05, 0) is 23.9 Å². The van der Waals surface area contributed by atoms with Crippen LogP contribution < -0.4 is 0 Å². The van der Waals surface area contributed by atoms with Gasteiger partial charge < -0.3 is 0 Å². The highest BCUT2D eigenvalue weighted by atomic mass is 35.5. The third kappa shape index (κ3) is 18.5. The molecule has 0 amide bonds. The minimum atomic E-state index is -6.84. The third-order valence-electron chi connectivity index (χ3n) is 8.46. The lowest BCUT2D eigenvalue weighted by Crippen LogP contribution is -2.61. The van der Waals surface area contributed by atoms with Crippen LogP contribution in [0.3, 0.4) is 0 Å². The van der Waals surface area contributed by atoms with Crippen LogP contribution in [-0.4, -0.2) is 29.2 Å². The lowest BCUT2D eigenvalue weighted by atomic mass is 9.86. The molecule has 0 rings (SSSR count). The van der Waals surface area contributed by atoms with Gasteiger partial charge in [0.15, 0.2) is 0 Å². The molecule has 1 unspecified atom stereocenters. The summed E-state index contributed by atoms with van der Waals surface area (Å²) < 4.78 is 121. The Hall–Kier alpha value is -0.670. The number of hydrogen-bond acceptors (Lipinski definition) is 1. The van der Waals surface area contributed by atoms with Gasteiger partial charge in [0, 0.05) is 12.8 Å². The Morgan fingerprint density at radius 3 is 1.14 bits per heavy atom. The third-order valence-corrected chi connectivity index (χ3v) is 8.65. The van der Waals surface area contributed by atoms with E-state index in [1.165, 1.54) is 57.8 Å². The van der Waals surface area contributed by atoms with Gasteiger partial charge in [0.05, 0.1) is 0 Å². The van der Waals surface area contributed by atoms with E-state index in [9.17, 15) is 44.3 Å². The highest BCUT2D eigenvalue weighted by molar-refractivity contribution is 6.63. The second kappa shape index (κ2) is 23.6. The molecule has 11 heteroatoms. The molecule has 0 aromatic rings. The predicted molar refractivity (Wildman–Crippen MR) is 161 cm³/mol. The Morgan fingerprint density at radius 1 is 0.500 bits per heavy atom. The fourth-order valence-electron chi connectivity index (χ4n) is 5.63. The molecule has 44 heavy (non-hydrogen) atoms. The van der Waals surface area contributed by atoms with E-state index in [1.54, 1.807) is 0 Å². The highest BCUT2D eigenvalue weighted by Crippen LogP contribution is 2.55. The number of carbonyl (C=O) groups excluding carboxylic acids is 1. The fourth-order valence-corrected chi connectivity index (χ4v) is 5.77. The van der Waals surface area contributed by atoms with Crippen LogP contribution in [0.15, 0.2) is 0 Å². The van der Waals surface area contributed by atoms with E-state index < -0.39 is 41.5 Å². The van der Waals surface area contributed by atoms with E-state index in [2.05, 4.69) is 6.92 Å². The van der Waals surface area contributed by atoms with Crippen molar-refractivity contribution in [1.82, 2.24) is 0 Å². The first kappa shape index (κ1) is 43.3. The van der Waals surface area contributed by atoms with Crippen molar-refractivity contribution in [2.75, 3.05) is 0 Å². The van der Waals surface area contributed by atoms with Crippen LogP contribution in [0.5, 0.6) is 0 Å². The molecule has 0 saturated carbocycles. The maximum atomic E-state index is 14.4. The number of hydrogen-bond donors (Lipinski definition) is 0. The van der Waals surface area contributed by atoms with Gasteiger partial charge in [0.25, 0.3) is 0 Å². The zero-order valence-corrected chi connectivity index (χ0v) is 27.4. The molecule has 0 heterocycles. The number of unbranched alkanes of at least 4 members (excludes halogenated alkanes) is 20. The summed E-state index contributed by atoms with van der Waals surface area (Å²) in [4.78, 5) is 10.8. The van der Waals surface area contributed by atoms with E-state index in [4.69, 9.17) is 11.6 Å². The molecule has 0 aliphatic carbocycles. The summed E-state index contributed by atoms with van der Waals surface area (Å²) in [6.45, 7) is 2.21. The highest BCUT2D eigenvalue weighted by Gasteiger charge is 2.81. The lowest BCUT2D eigenvalue weighted by molar-refractivity contribution is -0.397. The van der Waals surface area contributed by atoms with Crippen molar-refractivity contribution in [2.24, 2.45) is 5.92 Å². The summed E-state index contributed by atoms with van der Waals surface area (Å²) in [6, 6.07) is 0. The van der Waals surface area contributed by atoms with Gasteiger partial charge in [-0.15, -0.1) is 0 Å². The van der Waals surface area contributed by atoms with E-state index in [0.29, 0.717) is 38.5 Å². The standard InChI is InChI=1S/C33H56ClF9O/c1-2-3-4-5-6-7-8-9-10-11-12-13-14-15-18-21-24-28(25-22-19-16-17-20-23-26-29(34)44)27-30(35,36)31(37,38)32(39,40)33(41,42)43/h28H,2-27H2,1H3. The van der Waals surface area contributed by atoms with Crippen LogP contribution in [0.2, 0.25) is 0 Å². The number of halogens is 10. The van der Waals surface area contributed by atoms with Crippen molar-refractivity contribution in [2.45, 2.75) is 198 Å². The van der Waals surface area contributed by atoms with E-state index in [1.807, 2.05) is 0 Å². The van der Waals surface area contributed by atoms with E-state index in [-0.39, 0.29) is 19.3 Å². The molecule has 1 atom stereocenters. The Morgan fingerprint density at radius 2 is 0.818 bits per heavy atom. The summed E-state index contributed by atoms with van der Waals surface area (Å²) in [5, 5.41) is -0.434. The maximum absolute atomic E-state index is 14.4. The SMILES string of the molecule is CCCCCCCCCCCCCCCCCCC(CCCCCCCCC(=O)Cl)CC(F)(F)C(F)(F)C(F)(F)C(F)(F)F. The van der Waals surface area contributed by atoms with Crippen molar-refractivity contribution < 1.29 is 44.3 Å². The van der Waals surface area contributed by atoms with Crippen LogP contribution >= 0.6 is 11.6 Å². The zero-order valence-electron chi connectivity index (χ0n) is 26.7. The predicted octanol–water partition coefficient (Wildman–Crippen LogP) is 14.0. The fraction of sp³-hybridized carbons (Fsp3) is 0.970. The van der Waals surface area contributed by atoms with Crippen molar-refractivity contribution >= 4 is 16.8 Å². The average Bonchev–Trinajstić information content (AvgIpc) is 2.92. The van der Waals surface area contributed by atoms with Crippen LogP contribution in [0.1, 0.15) is 174 Å². The average molecular weight is 675 g/mol. The summed E-state index contributed by atoms with van der Waals surface area (Å²) in [7, 11) is 0. The number of carbonyl (C=O) groups is 1. The molecule has 264 valence electrons. The first-order chi connectivity index (χ1) is 20.6. The molecule has 0 fully saturated rings. The molecule has 0 radical (unpaired) electrons. The maximum Gasteiger partial charge on any atom is 0.460 e. The summed E-state index contributed by atoms with van der Waals surface area (Å²) in [5.74, 6) is -20.0. The molecule has 0 aromatic heterocycles. The summed E-state index contributed by atoms with van der Waals surface area (Å²) in [5.41, 5.74) is 0. The molecular weight excluding hydrogens is 619 g/mol. The molecule has 0 bridgehead atoms. The van der Waals surface area contributed by atoms with Crippen molar-refractivity contribution in [3.8, 4) is 0 Å². The Labute approximate surface area is 264 Å². The minimum Gasteiger partial charge on any atom is -0.281 e. The van der Waals surface area contributed by atoms with Crippen molar-refractivity contribution in [3.05, 3.63) is 0 Å². The van der Waals surface area contributed by atoms with Crippen molar-refractivity contribution in [1.29, 1.82) is 0 Å². The molecule has 0 N–H and O–H groups in total. The molecule has 0 saturated heterocycles. The van der Waals surface area contributed by atoms with E-state index >= 15 is 0 Å². The van der Waals surface area contributed by atoms with Crippen LogP contribution in [0, 0.1) is 5.92 Å². The number of alkyl halides is 9. The summed E-state index contributed by atoms with van der Waals surface area (Å²) >= 11 is 5.27. The second-order valence-corrected chi connectivity index (χ2v) is 12.9. The zero-order chi connectivity index (χ0) is 33.5. The largest absolute Gasteiger partial charge is 0.460 e. The Kier molecular flexibility index (Phi) is 23.3.